The lowest BCUT2D eigenvalue weighted by Crippen LogP contribution is -1.96. The van der Waals surface area contributed by atoms with E-state index in [0.717, 1.165) is 16.9 Å². The third-order valence-electron chi connectivity index (χ3n) is 5.00. The molecule has 1 heterocycles. The van der Waals surface area contributed by atoms with Crippen LogP contribution in [0.4, 0.5) is 0 Å². The molecule has 1 rings (SSSR count). The summed E-state index contributed by atoms with van der Waals surface area (Å²) in [5.41, 5.74) is 0. The van der Waals surface area contributed by atoms with Crippen molar-refractivity contribution in [2.45, 2.75) is 116 Å². The standard InChI is InChI=1S/C21H39NOS2/c1-2-3-4-5-6-7-8-9-10-11-12-13-14-15-16-17-18-22-20(23)19-25-21(22)24/h19,23H,2-18H2,1H3. The van der Waals surface area contributed by atoms with Gasteiger partial charge >= 0.3 is 0 Å². The van der Waals surface area contributed by atoms with E-state index in [1.165, 1.54) is 108 Å². The van der Waals surface area contributed by atoms with Crippen LogP contribution in [0.15, 0.2) is 5.38 Å². The van der Waals surface area contributed by atoms with Crippen molar-refractivity contribution in [3.05, 3.63) is 9.33 Å². The molecule has 0 aliphatic rings. The molecule has 0 aliphatic carbocycles. The molecule has 1 aromatic heterocycles. The second kappa shape index (κ2) is 15.9. The molecule has 0 fully saturated rings. The largest absolute Gasteiger partial charge is 0.494 e. The van der Waals surface area contributed by atoms with Crippen molar-refractivity contribution in [3.63, 3.8) is 0 Å². The molecule has 25 heavy (non-hydrogen) atoms. The lowest BCUT2D eigenvalue weighted by Gasteiger charge is -2.05. The van der Waals surface area contributed by atoms with Crippen LogP contribution in [0.25, 0.3) is 0 Å². The third kappa shape index (κ3) is 11.8. The maximum atomic E-state index is 9.66. The number of rotatable bonds is 17. The molecule has 1 aromatic rings. The van der Waals surface area contributed by atoms with Gasteiger partial charge in [-0.3, -0.25) is 4.57 Å². The Hall–Kier alpha value is -0.350. The zero-order valence-electron chi connectivity index (χ0n) is 16.3. The van der Waals surface area contributed by atoms with E-state index in [4.69, 9.17) is 12.2 Å². The highest BCUT2D eigenvalue weighted by atomic mass is 32.1. The molecule has 0 atom stereocenters. The van der Waals surface area contributed by atoms with Crippen molar-refractivity contribution in [2.75, 3.05) is 0 Å². The molecule has 0 amide bonds. The fourth-order valence-electron chi connectivity index (χ4n) is 3.35. The van der Waals surface area contributed by atoms with Crippen LogP contribution in [0, 0.1) is 3.95 Å². The van der Waals surface area contributed by atoms with E-state index >= 15 is 0 Å². The number of aromatic nitrogens is 1. The van der Waals surface area contributed by atoms with Gasteiger partial charge in [-0.05, 0) is 18.6 Å². The third-order valence-corrected chi connectivity index (χ3v) is 6.26. The van der Waals surface area contributed by atoms with Crippen LogP contribution in [0.1, 0.15) is 110 Å². The van der Waals surface area contributed by atoms with Crippen molar-refractivity contribution in [3.8, 4) is 5.88 Å². The number of thiazole rings is 1. The Morgan fingerprint density at radius 1 is 0.760 bits per heavy atom. The smallest absolute Gasteiger partial charge is 0.202 e. The number of aromatic hydroxyl groups is 1. The van der Waals surface area contributed by atoms with Gasteiger partial charge in [-0.2, -0.15) is 0 Å². The molecular formula is C21H39NOS2. The molecule has 1 N–H and O–H groups in total. The predicted octanol–water partition coefficient (Wildman–Crippen LogP) is 8.25. The molecule has 0 radical (unpaired) electrons. The molecule has 146 valence electrons. The normalized spacial score (nSPS) is 11.2. The number of hydrogen-bond donors (Lipinski definition) is 1. The highest BCUT2D eigenvalue weighted by Gasteiger charge is 2.01. The number of hydrogen-bond acceptors (Lipinski definition) is 3. The van der Waals surface area contributed by atoms with Crippen molar-refractivity contribution < 1.29 is 5.11 Å². The zero-order chi connectivity index (χ0) is 18.2. The van der Waals surface area contributed by atoms with Gasteiger partial charge in [0.25, 0.3) is 0 Å². The van der Waals surface area contributed by atoms with Crippen LogP contribution < -0.4 is 0 Å². The van der Waals surface area contributed by atoms with Crippen molar-refractivity contribution in [1.29, 1.82) is 0 Å². The molecule has 0 aromatic carbocycles. The zero-order valence-corrected chi connectivity index (χ0v) is 17.9. The summed E-state index contributed by atoms with van der Waals surface area (Å²) in [6, 6.07) is 0. The second-order valence-corrected chi connectivity index (χ2v) is 8.82. The maximum Gasteiger partial charge on any atom is 0.202 e. The Balaban J connectivity index is 1.77. The summed E-state index contributed by atoms with van der Waals surface area (Å²) < 4.78 is 2.64. The summed E-state index contributed by atoms with van der Waals surface area (Å²) in [6.45, 7) is 3.15. The van der Waals surface area contributed by atoms with Crippen LogP contribution in [0.3, 0.4) is 0 Å². The summed E-state index contributed by atoms with van der Waals surface area (Å²) in [5, 5.41) is 11.4. The lowest BCUT2D eigenvalue weighted by atomic mass is 10.0. The van der Waals surface area contributed by atoms with Crippen LogP contribution in [-0.2, 0) is 6.54 Å². The Bertz CT molecular complexity index is 467. The summed E-state index contributed by atoms with van der Waals surface area (Å²) in [5.74, 6) is 0.330. The minimum absolute atomic E-state index is 0.330. The Morgan fingerprint density at radius 2 is 1.16 bits per heavy atom. The summed E-state index contributed by atoms with van der Waals surface area (Å²) in [6.07, 6.45) is 22.2. The molecule has 0 aliphatic heterocycles. The van der Waals surface area contributed by atoms with Gasteiger partial charge < -0.3 is 5.11 Å². The van der Waals surface area contributed by atoms with E-state index in [2.05, 4.69) is 6.92 Å². The average Bonchev–Trinajstić information content (AvgIpc) is 2.93. The van der Waals surface area contributed by atoms with E-state index in [9.17, 15) is 5.11 Å². The van der Waals surface area contributed by atoms with E-state index in [1.54, 1.807) is 5.38 Å². The molecule has 0 spiro atoms. The van der Waals surface area contributed by atoms with E-state index < -0.39 is 0 Å². The van der Waals surface area contributed by atoms with Crippen LogP contribution in [-0.4, -0.2) is 9.67 Å². The first-order valence-electron chi connectivity index (χ1n) is 10.6. The van der Waals surface area contributed by atoms with Gasteiger partial charge in [0.2, 0.25) is 5.88 Å². The Kier molecular flexibility index (Phi) is 14.4. The fraction of sp³-hybridized carbons (Fsp3) is 0.857. The first-order valence-corrected chi connectivity index (χ1v) is 11.9. The summed E-state index contributed by atoms with van der Waals surface area (Å²) in [7, 11) is 0. The highest BCUT2D eigenvalue weighted by Crippen LogP contribution is 2.19. The second-order valence-electron chi connectivity index (χ2n) is 7.31. The topological polar surface area (TPSA) is 25.2 Å². The van der Waals surface area contributed by atoms with Gasteiger partial charge in [-0.25, -0.2) is 0 Å². The van der Waals surface area contributed by atoms with E-state index in [-0.39, 0.29) is 0 Å². The molecular weight excluding hydrogens is 346 g/mol. The quantitative estimate of drug-likeness (QED) is 0.216. The first-order chi connectivity index (χ1) is 12.3. The van der Waals surface area contributed by atoms with E-state index in [0.29, 0.717) is 5.88 Å². The first kappa shape index (κ1) is 22.7. The van der Waals surface area contributed by atoms with Gasteiger partial charge in [-0.15, -0.1) is 11.3 Å². The molecule has 0 saturated carbocycles. The summed E-state index contributed by atoms with van der Waals surface area (Å²) >= 11 is 6.65. The van der Waals surface area contributed by atoms with Crippen LogP contribution in [0.5, 0.6) is 5.88 Å². The highest BCUT2D eigenvalue weighted by molar-refractivity contribution is 7.73. The SMILES string of the molecule is CCCCCCCCCCCCCCCCCCn1c(O)csc1=S. The van der Waals surface area contributed by atoms with Gasteiger partial charge in [0, 0.05) is 6.54 Å². The minimum atomic E-state index is 0.330. The molecule has 0 saturated heterocycles. The van der Waals surface area contributed by atoms with Crippen molar-refractivity contribution >= 4 is 23.6 Å². The van der Waals surface area contributed by atoms with Gasteiger partial charge in [0.15, 0.2) is 3.95 Å². The van der Waals surface area contributed by atoms with Crippen molar-refractivity contribution in [2.24, 2.45) is 0 Å². The van der Waals surface area contributed by atoms with Gasteiger partial charge in [-0.1, -0.05) is 103 Å². The molecule has 4 heteroatoms. The minimum Gasteiger partial charge on any atom is -0.494 e. The monoisotopic (exact) mass is 385 g/mol. The average molecular weight is 386 g/mol. The fourth-order valence-corrected chi connectivity index (χ4v) is 4.32. The Morgan fingerprint density at radius 3 is 1.52 bits per heavy atom. The van der Waals surface area contributed by atoms with Gasteiger partial charge in [0.05, 0.1) is 5.38 Å². The molecule has 0 bridgehead atoms. The lowest BCUT2D eigenvalue weighted by molar-refractivity contribution is 0.408. The van der Waals surface area contributed by atoms with Crippen molar-refractivity contribution in [1.82, 2.24) is 4.57 Å². The van der Waals surface area contributed by atoms with E-state index in [1.807, 2.05) is 4.57 Å². The van der Waals surface area contributed by atoms with Gasteiger partial charge in [0.1, 0.15) is 0 Å². The van der Waals surface area contributed by atoms with Crippen LogP contribution >= 0.6 is 23.6 Å². The van der Waals surface area contributed by atoms with Crippen LogP contribution in [0.2, 0.25) is 0 Å². The number of unbranched alkanes of at least 4 members (excludes halogenated alkanes) is 15. The summed E-state index contributed by atoms with van der Waals surface area (Å²) in [4.78, 5) is 0. The predicted molar refractivity (Wildman–Crippen MR) is 114 cm³/mol. The Labute approximate surface area is 164 Å². The molecule has 2 nitrogen and oxygen atoms in total. The molecule has 0 unspecified atom stereocenters. The maximum absolute atomic E-state index is 9.66. The number of nitrogens with zero attached hydrogens (tertiary/aromatic N) is 1.